The standard InChI is InChI=1S/C19H15N3O3S/c1-11-7-12(2)9-13(8-11)16-20-21-19(25-16)26-10-22-17(23)14-5-3-4-6-15(14)18(22)24/h3-9H,10H2,1-2H3. The number of carbonyl (C=O) groups is 2. The Morgan fingerprint density at radius 2 is 1.58 bits per heavy atom. The quantitative estimate of drug-likeness (QED) is 0.518. The molecule has 0 bridgehead atoms. The summed E-state index contributed by atoms with van der Waals surface area (Å²) in [5, 5.41) is 8.39. The van der Waals surface area contributed by atoms with E-state index >= 15 is 0 Å². The molecule has 0 saturated heterocycles. The number of nitrogens with zero attached hydrogens (tertiary/aromatic N) is 3. The lowest BCUT2D eigenvalue weighted by molar-refractivity contribution is 0.0684. The summed E-state index contributed by atoms with van der Waals surface area (Å²) in [7, 11) is 0. The number of rotatable bonds is 4. The van der Waals surface area contributed by atoms with Crippen LogP contribution in [0.2, 0.25) is 0 Å². The number of hydrogen-bond donors (Lipinski definition) is 0. The van der Waals surface area contributed by atoms with Crippen molar-refractivity contribution in [1.29, 1.82) is 0 Å². The van der Waals surface area contributed by atoms with Gasteiger partial charge >= 0.3 is 0 Å². The van der Waals surface area contributed by atoms with Crippen molar-refractivity contribution >= 4 is 23.6 Å². The van der Waals surface area contributed by atoms with Gasteiger partial charge in [-0.1, -0.05) is 29.3 Å². The second-order valence-corrected chi connectivity index (χ2v) is 7.00. The maximum absolute atomic E-state index is 12.4. The van der Waals surface area contributed by atoms with Gasteiger partial charge in [0.2, 0.25) is 5.89 Å². The van der Waals surface area contributed by atoms with Gasteiger partial charge in [0.05, 0.1) is 17.0 Å². The summed E-state index contributed by atoms with van der Waals surface area (Å²) in [6, 6.07) is 12.8. The fourth-order valence-electron chi connectivity index (χ4n) is 2.96. The second kappa shape index (κ2) is 6.42. The fourth-order valence-corrected chi connectivity index (χ4v) is 3.67. The minimum absolute atomic E-state index is 0.126. The van der Waals surface area contributed by atoms with E-state index in [0.29, 0.717) is 22.2 Å². The first-order chi connectivity index (χ1) is 12.5. The van der Waals surface area contributed by atoms with Crippen molar-refractivity contribution in [3.63, 3.8) is 0 Å². The van der Waals surface area contributed by atoms with E-state index in [1.54, 1.807) is 24.3 Å². The van der Waals surface area contributed by atoms with E-state index in [2.05, 4.69) is 16.3 Å². The summed E-state index contributed by atoms with van der Waals surface area (Å²) in [5.41, 5.74) is 3.93. The van der Waals surface area contributed by atoms with Crippen molar-refractivity contribution < 1.29 is 14.0 Å². The summed E-state index contributed by atoms with van der Waals surface area (Å²) < 4.78 is 5.68. The Morgan fingerprint density at radius 3 is 2.19 bits per heavy atom. The molecule has 4 rings (SSSR count). The van der Waals surface area contributed by atoms with Crippen LogP contribution in [0, 0.1) is 13.8 Å². The van der Waals surface area contributed by atoms with Gasteiger partial charge in [0.25, 0.3) is 17.0 Å². The van der Waals surface area contributed by atoms with Crippen LogP contribution in [0.15, 0.2) is 52.1 Å². The molecule has 1 aliphatic heterocycles. The summed E-state index contributed by atoms with van der Waals surface area (Å²) in [6.45, 7) is 4.01. The second-order valence-electron chi connectivity index (χ2n) is 6.11. The van der Waals surface area contributed by atoms with Gasteiger partial charge in [-0.25, -0.2) is 0 Å². The molecule has 3 aromatic rings. The molecule has 0 aliphatic carbocycles. The molecule has 1 aliphatic rings. The number of fused-ring (bicyclic) bond motifs is 1. The molecule has 7 heteroatoms. The zero-order chi connectivity index (χ0) is 18.3. The van der Waals surface area contributed by atoms with Gasteiger partial charge in [-0.3, -0.25) is 14.5 Å². The van der Waals surface area contributed by atoms with E-state index in [4.69, 9.17) is 4.42 Å². The van der Waals surface area contributed by atoms with E-state index in [9.17, 15) is 9.59 Å². The zero-order valence-electron chi connectivity index (χ0n) is 14.2. The fraction of sp³-hybridized carbons (Fsp3) is 0.158. The van der Waals surface area contributed by atoms with Crippen LogP contribution in [0.3, 0.4) is 0 Å². The first kappa shape index (κ1) is 16.5. The molecule has 1 aromatic heterocycles. The van der Waals surface area contributed by atoms with Gasteiger partial charge in [0, 0.05) is 5.56 Å². The molecule has 0 atom stereocenters. The van der Waals surface area contributed by atoms with Crippen molar-refractivity contribution in [2.24, 2.45) is 0 Å². The van der Waals surface area contributed by atoms with Gasteiger partial charge in [-0.15, -0.1) is 10.2 Å². The molecule has 0 radical (unpaired) electrons. The number of hydrogen-bond acceptors (Lipinski definition) is 6. The zero-order valence-corrected chi connectivity index (χ0v) is 15.0. The molecule has 0 spiro atoms. The highest BCUT2D eigenvalue weighted by Crippen LogP contribution is 2.28. The largest absolute Gasteiger partial charge is 0.411 e. The summed E-state index contributed by atoms with van der Waals surface area (Å²) >= 11 is 1.16. The number of thioether (sulfide) groups is 1. The molecule has 130 valence electrons. The molecule has 2 amide bonds. The van der Waals surface area contributed by atoms with E-state index < -0.39 is 0 Å². The highest BCUT2D eigenvalue weighted by atomic mass is 32.2. The lowest BCUT2D eigenvalue weighted by Gasteiger charge is -2.11. The molecule has 26 heavy (non-hydrogen) atoms. The van der Waals surface area contributed by atoms with Gasteiger partial charge in [0.15, 0.2) is 0 Å². The molecule has 0 N–H and O–H groups in total. The third-order valence-electron chi connectivity index (χ3n) is 4.07. The first-order valence-corrected chi connectivity index (χ1v) is 9.01. The average molecular weight is 365 g/mol. The molecule has 0 fully saturated rings. The van der Waals surface area contributed by atoms with Crippen LogP contribution < -0.4 is 0 Å². The lowest BCUT2D eigenvalue weighted by Crippen LogP contribution is -2.29. The number of aryl methyl sites for hydroxylation is 2. The van der Waals surface area contributed by atoms with Crippen LogP contribution >= 0.6 is 11.8 Å². The Morgan fingerprint density at radius 1 is 0.962 bits per heavy atom. The monoisotopic (exact) mass is 365 g/mol. The number of benzene rings is 2. The van der Waals surface area contributed by atoms with Crippen molar-refractivity contribution in [2.45, 2.75) is 19.1 Å². The minimum Gasteiger partial charge on any atom is -0.411 e. The molecular formula is C19H15N3O3S. The summed E-state index contributed by atoms with van der Waals surface area (Å²) in [4.78, 5) is 25.9. The topological polar surface area (TPSA) is 76.3 Å². The Balaban J connectivity index is 1.49. The maximum atomic E-state index is 12.4. The van der Waals surface area contributed by atoms with E-state index in [-0.39, 0.29) is 17.7 Å². The van der Waals surface area contributed by atoms with Gasteiger partial charge in [-0.2, -0.15) is 0 Å². The average Bonchev–Trinajstić information content (AvgIpc) is 3.18. The van der Waals surface area contributed by atoms with Crippen molar-refractivity contribution in [3.8, 4) is 11.5 Å². The van der Waals surface area contributed by atoms with E-state index in [1.165, 1.54) is 4.90 Å². The lowest BCUT2D eigenvalue weighted by atomic mass is 10.1. The van der Waals surface area contributed by atoms with Crippen LogP contribution in [0.1, 0.15) is 31.8 Å². The predicted octanol–water partition coefficient (Wildman–Crippen LogP) is 3.70. The molecule has 2 aromatic carbocycles. The highest BCUT2D eigenvalue weighted by molar-refractivity contribution is 7.99. The highest BCUT2D eigenvalue weighted by Gasteiger charge is 2.35. The number of amides is 2. The Labute approximate surface area is 154 Å². The van der Waals surface area contributed by atoms with E-state index in [1.807, 2.05) is 26.0 Å². The van der Waals surface area contributed by atoms with Crippen LogP contribution in [-0.2, 0) is 0 Å². The first-order valence-electron chi connectivity index (χ1n) is 8.03. The Kier molecular flexibility index (Phi) is 4.08. The maximum Gasteiger partial charge on any atom is 0.278 e. The van der Waals surface area contributed by atoms with Crippen LogP contribution in [0.25, 0.3) is 11.5 Å². The summed E-state index contributed by atoms with van der Waals surface area (Å²) in [5.74, 6) is -0.0539. The molecule has 0 unspecified atom stereocenters. The molecule has 0 saturated carbocycles. The number of imide groups is 1. The number of aromatic nitrogens is 2. The predicted molar refractivity (Wildman–Crippen MR) is 96.9 cm³/mol. The van der Waals surface area contributed by atoms with Crippen molar-refractivity contribution in [1.82, 2.24) is 15.1 Å². The van der Waals surface area contributed by atoms with Gasteiger partial charge in [0.1, 0.15) is 0 Å². The molecule has 2 heterocycles. The van der Waals surface area contributed by atoms with Crippen LogP contribution in [-0.4, -0.2) is 32.8 Å². The van der Waals surface area contributed by atoms with E-state index in [0.717, 1.165) is 28.5 Å². The SMILES string of the molecule is Cc1cc(C)cc(-c2nnc(SCN3C(=O)c4ccccc4C3=O)o2)c1. The number of carbonyl (C=O) groups excluding carboxylic acids is 2. The van der Waals surface area contributed by atoms with Crippen molar-refractivity contribution in [2.75, 3.05) is 5.88 Å². The molecular weight excluding hydrogens is 350 g/mol. The van der Waals surface area contributed by atoms with Crippen LogP contribution in [0.4, 0.5) is 0 Å². The smallest absolute Gasteiger partial charge is 0.278 e. The Hall–Kier alpha value is -2.93. The van der Waals surface area contributed by atoms with Crippen molar-refractivity contribution in [3.05, 3.63) is 64.7 Å². The normalized spacial score (nSPS) is 13.4. The third-order valence-corrected chi connectivity index (χ3v) is 4.87. The minimum atomic E-state index is -0.299. The molecule has 6 nitrogen and oxygen atoms in total. The Bertz CT molecular complexity index is 973. The summed E-state index contributed by atoms with van der Waals surface area (Å²) in [6.07, 6.45) is 0. The third kappa shape index (κ3) is 2.90. The van der Waals surface area contributed by atoms with Gasteiger partial charge < -0.3 is 4.42 Å². The van der Waals surface area contributed by atoms with Crippen LogP contribution in [0.5, 0.6) is 0 Å². The van der Waals surface area contributed by atoms with Gasteiger partial charge in [-0.05, 0) is 49.9 Å².